The maximum atomic E-state index is 12.2. The number of hydrogen-bond donors (Lipinski definition) is 4. The first-order chi connectivity index (χ1) is 18.2. The van der Waals surface area contributed by atoms with Crippen molar-refractivity contribution in [2.75, 3.05) is 12.4 Å². The fourth-order valence-corrected chi connectivity index (χ4v) is 4.63. The smallest absolute Gasteiger partial charge is 0.325 e. The lowest BCUT2D eigenvalue weighted by atomic mass is 9.65. The molecule has 2 unspecified atom stereocenters. The quantitative estimate of drug-likeness (QED) is 0.339. The molecule has 3 rings (SSSR count). The molecule has 0 saturated heterocycles. The lowest BCUT2D eigenvalue weighted by Gasteiger charge is -2.37. The number of hydrogen-bond acceptors (Lipinski definition) is 6. The number of rotatable bonds is 8. The minimum atomic E-state index is -1.11. The van der Waals surface area contributed by atoms with Crippen molar-refractivity contribution in [1.29, 1.82) is 0 Å². The monoisotopic (exact) mass is 561 g/mol. The van der Waals surface area contributed by atoms with Crippen LogP contribution in [0.1, 0.15) is 63.4 Å². The number of anilines is 1. The van der Waals surface area contributed by atoms with Gasteiger partial charge >= 0.3 is 11.9 Å². The highest BCUT2D eigenvalue weighted by molar-refractivity contribution is 6.29. The van der Waals surface area contributed by atoms with Crippen molar-refractivity contribution in [3.63, 3.8) is 0 Å². The molecule has 4 N–H and O–H groups in total. The minimum Gasteiger partial charge on any atom is -0.481 e. The Labute approximate surface area is 233 Å². The van der Waals surface area contributed by atoms with Gasteiger partial charge in [0.05, 0.1) is 12.5 Å². The molecule has 1 aromatic carbocycles. The Morgan fingerprint density at radius 2 is 1.72 bits per heavy atom. The van der Waals surface area contributed by atoms with Crippen molar-refractivity contribution in [3.8, 4) is 5.88 Å². The van der Waals surface area contributed by atoms with Crippen molar-refractivity contribution >= 4 is 41.0 Å². The average molecular weight is 562 g/mol. The first kappa shape index (κ1) is 31.6. The largest absolute Gasteiger partial charge is 0.481 e. The summed E-state index contributed by atoms with van der Waals surface area (Å²) in [6.07, 6.45) is 1.83. The van der Waals surface area contributed by atoms with Gasteiger partial charge in [0, 0.05) is 11.6 Å². The number of carbonyl (C=O) groups excluding carboxylic acids is 2. The molecule has 2 amide bonds. The highest BCUT2D eigenvalue weighted by Crippen LogP contribution is 2.56. The Hall–Kier alpha value is -3.66. The third-order valence-corrected chi connectivity index (χ3v) is 7.84. The van der Waals surface area contributed by atoms with E-state index in [1.54, 1.807) is 32.9 Å². The second-order valence-corrected chi connectivity index (χ2v) is 10.6. The zero-order valence-electron chi connectivity index (χ0n) is 23.0. The highest BCUT2D eigenvalue weighted by Gasteiger charge is 2.58. The highest BCUT2D eigenvalue weighted by atomic mass is 35.5. The van der Waals surface area contributed by atoms with Crippen LogP contribution in [0.15, 0.2) is 36.4 Å². The zero-order chi connectivity index (χ0) is 29.5. The summed E-state index contributed by atoms with van der Waals surface area (Å²) in [5, 5.41) is 23.6. The topological polar surface area (TPSA) is 155 Å². The molecule has 0 radical (unpaired) electrons. The molecular formula is C28H36ClN3O7. The molecule has 212 valence electrons. The van der Waals surface area contributed by atoms with Gasteiger partial charge in [-0.2, -0.15) is 0 Å². The molecule has 1 heterocycles. The Balaban J connectivity index is 0.000000274. The number of aromatic nitrogens is 1. The fraction of sp³-hybridized carbons (Fsp3) is 0.464. The number of pyridine rings is 1. The number of carbonyl (C=O) groups is 4. The summed E-state index contributed by atoms with van der Waals surface area (Å²) >= 11 is 5.77. The van der Waals surface area contributed by atoms with Crippen molar-refractivity contribution in [3.05, 3.63) is 52.7 Å². The van der Waals surface area contributed by atoms with Gasteiger partial charge in [-0.15, -0.1) is 0 Å². The number of ether oxygens (including phenoxy) is 1. The molecule has 11 heteroatoms. The van der Waals surface area contributed by atoms with E-state index in [9.17, 15) is 24.3 Å². The van der Waals surface area contributed by atoms with Crippen molar-refractivity contribution in [2.24, 2.45) is 16.7 Å². The molecule has 1 aromatic heterocycles. The van der Waals surface area contributed by atoms with Gasteiger partial charge in [-0.25, -0.2) is 4.98 Å². The maximum absolute atomic E-state index is 12.2. The molecule has 1 aliphatic carbocycles. The van der Waals surface area contributed by atoms with Gasteiger partial charge in [0.15, 0.2) is 0 Å². The lowest BCUT2D eigenvalue weighted by Crippen LogP contribution is -2.48. The Bertz CT molecular complexity index is 1220. The molecule has 0 bridgehead atoms. The molecule has 2 aromatic rings. The van der Waals surface area contributed by atoms with Gasteiger partial charge in [0.25, 0.3) is 5.91 Å². The van der Waals surface area contributed by atoms with Gasteiger partial charge in [0.1, 0.15) is 16.8 Å². The fourth-order valence-electron chi connectivity index (χ4n) is 4.49. The van der Waals surface area contributed by atoms with Crippen LogP contribution in [0.25, 0.3) is 0 Å². The first-order valence-corrected chi connectivity index (χ1v) is 12.9. The van der Waals surface area contributed by atoms with Crippen LogP contribution in [0, 0.1) is 16.7 Å². The van der Waals surface area contributed by atoms with Crippen molar-refractivity contribution < 1.29 is 34.1 Å². The standard InChI is InChI=1S/C15H15ClN2O2.C13H21NO5/c1-3-10-4-6-11(7-5-10)17-14(19)12-8-9-13(16)18-15(12)20-2;1-7(10(16)17)14-9(15)8-5-6-13(4,11(18)19)12(8,2)3/h4-9H,3H2,1-2H3,(H,17,19);7-8H,5-6H2,1-4H3,(H,14,15)(H,16,17)(H,18,19)/t;7?,8?,13-/m.0/s1. The Morgan fingerprint density at radius 3 is 2.21 bits per heavy atom. The number of aliphatic carboxylic acids is 2. The van der Waals surface area contributed by atoms with Gasteiger partial charge < -0.3 is 25.6 Å². The van der Waals surface area contributed by atoms with Gasteiger partial charge in [-0.3, -0.25) is 19.2 Å². The summed E-state index contributed by atoms with van der Waals surface area (Å²) in [6.45, 7) is 8.62. The maximum Gasteiger partial charge on any atom is 0.325 e. The Morgan fingerprint density at radius 1 is 1.10 bits per heavy atom. The summed E-state index contributed by atoms with van der Waals surface area (Å²) in [6, 6.07) is 9.86. The molecular weight excluding hydrogens is 526 g/mol. The second-order valence-electron chi connectivity index (χ2n) is 10.2. The van der Waals surface area contributed by atoms with Gasteiger partial charge in [-0.05, 0) is 68.4 Å². The molecule has 1 fully saturated rings. The van der Waals surface area contributed by atoms with Crippen LogP contribution in [-0.2, 0) is 20.8 Å². The van der Waals surface area contributed by atoms with E-state index in [0.29, 0.717) is 18.4 Å². The Kier molecular flexibility index (Phi) is 10.5. The van der Waals surface area contributed by atoms with E-state index in [0.717, 1.165) is 12.1 Å². The molecule has 39 heavy (non-hydrogen) atoms. The van der Waals surface area contributed by atoms with E-state index in [4.69, 9.17) is 21.4 Å². The van der Waals surface area contributed by atoms with Crippen LogP contribution in [-0.4, -0.2) is 52.1 Å². The number of nitrogens with zero attached hydrogens (tertiary/aromatic N) is 1. The van der Waals surface area contributed by atoms with E-state index in [2.05, 4.69) is 22.5 Å². The summed E-state index contributed by atoms with van der Waals surface area (Å²) in [5.41, 5.74) is 0.595. The van der Waals surface area contributed by atoms with Gasteiger partial charge in [0.2, 0.25) is 11.8 Å². The molecule has 1 aliphatic rings. The van der Waals surface area contributed by atoms with Crippen LogP contribution in [0.3, 0.4) is 0 Å². The molecule has 3 atom stereocenters. The normalized spacial score (nSPS) is 20.1. The number of carboxylic acids is 2. The molecule has 0 spiro atoms. The number of halogens is 1. The summed E-state index contributed by atoms with van der Waals surface area (Å²) < 4.78 is 5.07. The predicted octanol–water partition coefficient (Wildman–Crippen LogP) is 4.66. The SMILES string of the molecule is CC(NC(=O)C1CC[C@@](C)(C(=O)O)C1(C)C)C(=O)O.CCc1ccc(NC(=O)c2ccc(Cl)nc2OC)cc1. The van der Waals surface area contributed by atoms with E-state index in [1.807, 2.05) is 24.3 Å². The number of aryl methyl sites for hydroxylation is 1. The van der Waals surface area contributed by atoms with Crippen LogP contribution in [0.4, 0.5) is 5.69 Å². The number of methoxy groups -OCH3 is 1. The third kappa shape index (κ3) is 7.26. The summed E-state index contributed by atoms with van der Waals surface area (Å²) in [4.78, 5) is 50.4. The van der Waals surface area contributed by atoms with Crippen molar-refractivity contribution in [2.45, 2.75) is 59.9 Å². The predicted molar refractivity (Wildman–Crippen MR) is 147 cm³/mol. The number of amides is 2. The molecule has 0 aliphatic heterocycles. The third-order valence-electron chi connectivity index (χ3n) is 7.63. The van der Waals surface area contributed by atoms with Crippen LogP contribution >= 0.6 is 11.6 Å². The first-order valence-electron chi connectivity index (χ1n) is 12.5. The molecule has 10 nitrogen and oxygen atoms in total. The summed E-state index contributed by atoms with van der Waals surface area (Å²) in [5.74, 6) is -2.97. The number of benzene rings is 1. The average Bonchev–Trinajstić information content (AvgIpc) is 3.14. The molecule has 1 saturated carbocycles. The minimum absolute atomic E-state index is 0.208. The number of carboxylic acid groups (broad SMARTS) is 2. The van der Waals surface area contributed by atoms with E-state index in [1.165, 1.54) is 19.6 Å². The van der Waals surface area contributed by atoms with Crippen LogP contribution in [0.2, 0.25) is 5.15 Å². The number of nitrogens with one attached hydrogen (secondary N) is 2. The van der Waals surface area contributed by atoms with E-state index < -0.39 is 34.7 Å². The van der Waals surface area contributed by atoms with Crippen LogP contribution < -0.4 is 15.4 Å². The second kappa shape index (κ2) is 12.9. The van der Waals surface area contributed by atoms with Gasteiger partial charge in [-0.1, -0.05) is 44.5 Å². The van der Waals surface area contributed by atoms with E-state index in [-0.39, 0.29) is 22.8 Å². The van der Waals surface area contributed by atoms with E-state index >= 15 is 0 Å². The lowest BCUT2D eigenvalue weighted by molar-refractivity contribution is -0.155. The van der Waals surface area contributed by atoms with Crippen LogP contribution in [0.5, 0.6) is 5.88 Å². The van der Waals surface area contributed by atoms with Crippen molar-refractivity contribution in [1.82, 2.24) is 10.3 Å². The summed E-state index contributed by atoms with van der Waals surface area (Å²) in [7, 11) is 1.45. The zero-order valence-corrected chi connectivity index (χ0v) is 23.8.